The molecule has 0 spiro atoms. The van der Waals surface area contributed by atoms with Gasteiger partial charge in [-0.2, -0.15) is 0 Å². The maximum atomic E-state index is 12.4. The molecule has 0 fully saturated rings. The van der Waals surface area contributed by atoms with Gasteiger partial charge in [-0.3, -0.25) is 25.2 Å². The smallest absolute Gasteiger partial charge is 0.269 e. The second kappa shape index (κ2) is 8.36. The van der Waals surface area contributed by atoms with Crippen LogP contribution in [0.5, 0.6) is 11.5 Å². The largest absolute Gasteiger partial charge is 0.454 e. The van der Waals surface area contributed by atoms with Crippen molar-refractivity contribution < 1.29 is 27.5 Å². The Labute approximate surface area is 178 Å². The molecule has 1 heterocycles. The summed E-state index contributed by atoms with van der Waals surface area (Å²) in [5.74, 6) is -0.163. The number of carbonyl (C=O) groups excluding carboxylic acids is 2. The van der Waals surface area contributed by atoms with Gasteiger partial charge in [0.15, 0.2) is 11.5 Å². The zero-order valence-electron chi connectivity index (χ0n) is 16.0. The zero-order valence-corrected chi connectivity index (χ0v) is 16.8. The average molecular weight is 439 g/mol. The maximum absolute atomic E-state index is 12.4. The van der Waals surface area contributed by atoms with Gasteiger partial charge in [-0.25, -0.2) is 8.42 Å². The molecule has 0 unspecified atom stereocenters. The Morgan fingerprint density at radius 2 is 1.35 bits per heavy atom. The van der Waals surface area contributed by atoms with E-state index in [0.29, 0.717) is 17.2 Å². The number of ether oxygens (including phenoxy) is 2. The summed E-state index contributed by atoms with van der Waals surface area (Å²) < 4.78 is 37.8. The lowest BCUT2D eigenvalue weighted by Crippen LogP contribution is -2.41. The first-order valence-electron chi connectivity index (χ1n) is 9.11. The van der Waals surface area contributed by atoms with E-state index in [-0.39, 0.29) is 22.8 Å². The first-order chi connectivity index (χ1) is 14.9. The van der Waals surface area contributed by atoms with Crippen LogP contribution in [0.25, 0.3) is 0 Å². The highest BCUT2D eigenvalue weighted by atomic mass is 32.2. The van der Waals surface area contributed by atoms with Crippen LogP contribution in [0, 0.1) is 0 Å². The van der Waals surface area contributed by atoms with Gasteiger partial charge in [0.1, 0.15) is 0 Å². The van der Waals surface area contributed by atoms with E-state index in [9.17, 15) is 18.0 Å². The van der Waals surface area contributed by atoms with Crippen LogP contribution in [0.1, 0.15) is 20.7 Å². The summed E-state index contributed by atoms with van der Waals surface area (Å²) in [6.45, 7) is 0.0870. The summed E-state index contributed by atoms with van der Waals surface area (Å²) in [5, 5.41) is 0. The van der Waals surface area contributed by atoms with E-state index >= 15 is 0 Å². The van der Waals surface area contributed by atoms with Crippen LogP contribution in [-0.4, -0.2) is 27.0 Å². The minimum Gasteiger partial charge on any atom is -0.454 e. The Hall–Kier alpha value is -4.05. The molecule has 10 heteroatoms. The molecule has 0 saturated carbocycles. The van der Waals surface area contributed by atoms with Crippen molar-refractivity contribution in [2.24, 2.45) is 0 Å². The summed E-state index contributed by atoms with van der Waals surface area (Å²) in [6, 6.07) is 18.4. The lowest BCUT2D eigenvalue weighted by Gasteiger charge is -2.10. The Balaban J connectivity index is 1.37. The number of hydrazine groups is 1. The van der Waals surface area contributed by atoms with E-state index in [4.69, 9.17) is 9.47 Å². The van der Waals surface area contributed by atoms with Gasteiger partial charge < -0.3 is 9.47 Å². The average Bonchev–Trinajstić information content (AvgIpc) is 3.25. The van der Waals surface area contributed by atoms with Gasteiger partial charge in [0.2, 0.25) is 6.79 Å². The SMILES string of the molecule is O=C(NNC(=O)c1ccc2c(c1)OCO2)c1ccc(S(=O)(=O)Nc2ccccc2)cc1. The second-order valence-electron chi connectivity index (χ2n) is 6.47. The number of rotatable bonds is 5. The predicted molar refractivity (Wildman–Crippen MR) is 111 cm³/mol. The molecule has 0 atom stereocenters. The third-order valence-electron chi connectivity index (χ3n) is 4.38. The molecule has 0 aromatic heterocycles. The standard InChI is InChI=1S/C21H17N3O6S/c25-20(22-23-21(26)15-8-11-18-19(12-15)30-13-29-18)14-6-9-17(10-7-14)31(27,28)24-16-4-2-1-3-5-16/h1-12,24H,13H2,(H,22,25)(H,23,26). The van der Waals surface area contributed by atoms with Crippen LogP contribution in [0.3, 0.4) is 0 Å². The summed E-state index contributed by atoms with van der Waals surface area (Å²) in [5.41, 5.74) is 5.46. The number of benzene rings is 3. The molecular weight excluding hydrogens is 422 g/mol. The number of hydrogen-bond acceptors (Lipinski definition) is 6. The lowest BCUT2D eigenvalue weighted by atomic mass is 10.2. The fourth-order valence-electron chi connectivity index (χ4n) is 2.80. The van der Waals surface area contributed by atoms with Crippen LogP contribution in [0.4, 0.5) is 5.69 Å². The van der Waals surface area contributed by atoms with Gasteiger partial charge in [-0.15, -0.1) is 0 Å². The third-order valence-corrected chi connectivity index (χ3v) is 5.77. The quantitative estimate of drug-likeness (QED) is 0.524. The van der Waals surface area contributed by atoms with E-state index in [1.54, 1.807) is 36.4 Å². The highest BCUT2D eigenvalue weighted by Gasteiger charge is 2.18. The number of hydrogen-bond donors (Lipinski definition) is 3. The Morgan fingerprint density at radius 3 is 2.06 bits per heavy atom. The third kappa shape index (κ3) is 4.59. The molecule has 31 heavy (non-hydrogen) atoms. The van der Waals surface area contributed by atoms with Crippen molar-refractivity contribution >= 4 is 27.5 Å². The molecule has 3 N–H and O–H groups in total. The molecule has 1 aliphatic rings. The minimum absolute atomic E-state index is 0.00250. The Bertz CT molecular complexity index is 1230. The Morgan fingerprint density at radius 1 is 0.742 bits per heavy atom. The lowest BCUT2D eigenvalue weighted by molar-refractivity contribution is 0.0846. The summed E-state index contributed by atoms with van der Waals surface area (Å²) >= 11 is 0. The number of sulfonamides is 1. The number of anilines is 1. The van der Waals surface area contributed by atoms with Crippen molar-refractivity contribution in [1.82, 2.24) is 10.9 Å². The predicted octanol–water partition coefficient (Wildman–Crippen LogP) is 2.29. The maximum Gasteiger partial charge on any atom is 0.269 e. The normalized spacial score (nSPS) is 12.1. The van der Waals surface area contributed by atoms with Gasteiger partial charge in [-0.1, -0.05) is 18.2 Å². The van der Waals surface area contributed by atoms with Crippen LogP contribution in [0.2, 0.25) is 0 Å². The fraction of sp³-hybridized carbons (Fsp3) is 0.0476. The molecule has 9 nitrogen and oxygen atoms in total. The van der Waals surface area contributed by atoms with E-state index in [1.165, 1.54) is 36.4 Å². The molecule has 0 radical (unpaired) electrons. The van der Waals surface area contributed by atoms with Crippen LogP contribution in [-0.2, 0) is 10.0 Å². The molecule has 3 aromatic rings. The Kier molecular flexibility index (Phi) is 5.46. The number of fused-ring (bicyclic) bond motifs is 1. The highest BCUT2D eigenvalue weighted by molar-refractivity contribution is 7.92. The molecular formula is C21H17N3O6S. The number of nitrogens with one attached hydrogen (secondary N) is 3. The molecule has 2 amide bonds. The molecule has 0 saturated heterocycles. The summed E-state index contributed by atoms with van der Waals surface area (Å²) in [6.07, 6.45) is 0. The number of amides is 2. The molecule has 4 rings (SSSR count). The van der Waals surface area contributed by atoms with Crippen molar-refractivity contribution in [3.8, 4) is 11.5 Å². The van der Waals surface area contributed by atoms with Gasteiger partial charge in [0.25, 0.3) is 21.8 Å². The molecule has 158 valence electrons. The van der Waals surface area contributed by atoms with Crippen molar-refractivity contribution in [2.45, 2.75) is 4.90 Å². The van der Waals surface area contributed by atoms with Crippen molar-refractivity contribution in [3.63, 3.8) is 0 Å². The van der Waals surface area contributed by atoms with Crippen LogP contribution in [0.15, 0.2) is 77.7 Å². The van der Waals surface area contributed by atoms with E-state index in [1.807, 2.05) is 0 Å². The van der Waals surface area contributed by atoms with Crippen LogP contribution >= 0.6 is 0 Å². The van der Waals surface area contributed by atoms with Gasteiger partial charge in [0.05, 0.1) is 4.90 Å². The molecule has 0 bridgehead atoms. The summed E-state index contributed by atoms with van der Waals surface area (Å²) in [7, 11) is -3.80. The van der Waals surface area contributed by atoms with E-state index < -0.39 is 21.8 Å². The highest BCUT2D eigenvalue weighted by Crippen LogP contribution is 2.32. The van der Waals surface area contributed by atoms with Crippen molar-refractivity contribution in [1.29, 1.82) is 0 Å². The molecule has 1 aliphatic heterocycles. The van der Waals surface area contributed by atoms with Gasteiger partial charge in [-0.05, 0) is 54.6 Å². The monoisotopic (exact) mass is 439 g/mol. The minimum atomic E-state index is -3.80. The number of carbonyl (C=O) groups is 2. The van der Waals surface area contributed by atoms with Crippen LogP contribution < -0.4 is 25.0 Å². The van der Waals surface area contributed by atoms with E-state index in [2.05, 4.69) is 15.6 Å². The number of para-hydroxylation sites is 1. The zero-order chi connectivity index (χ0) is 21.8. The first kappa shape index (κ1) is 20.2. The first-order valence-corrected chi connectivity index (χ1v) is 10.6. The fourth-order valence-corrected chi connectivity index (χ4v) is 3.86. The van der Waals surface area contributed by atoms with Gasteiger partial charge in [0, 0.05) is 16.8 Å². The van der Waals surface area contributed by atoms with Gasteiger partial charge >= 0.3 is 0 Å². The summed E-state index contributed by atoms with van der Waals surface area (Å²) in [4.78, 5) is 24.5. The van der Waals surface area contributed by atoms with E-state index in [0.717, 1.165) is 0 Å². The molecule has 0 aliphatic carbocycles. The van der Waals surface area contributed by atoms with Crippen molar-refractivity contribution in [2.75, 3.05) is 11.5 Å². The van der Waals surface area contributed by atoms with Crippen molar-refractivity contribution in [3.05, 3.63) is 83.9 Å². The molecule has 3 aromatic carbocycles. The topological polar surface area (TPSA) is 123 Å². The second-order valence-corrected chi connectivity index (χ2v) is 8.15.